The van der Waals surface area contributed by atoms with E-state index in [-0.39, 0.29) is 5.91 Å². The molecule has 1 aromatic heterocycles. The van der Waals surface area contributed by atoms with Crippen molar-refractivity contribution in [3.05, 3.63) is 52.3 Å². The van der Waals surface area contributed by atoms with E-state index >= 15 is 0 Å². The van der Waals surface area contributed by atoms with Gasteiger partial charge in [0.25, 0.3) is 5.91 Å². The summed E-state index contributed by atoms with van der Waals surface area (Å²) in [6.07, 6.45) is 0.921. The Bertz CT molecular complexity index is 809. The number of aryl methyl sites for hydroxylation is 2. The van der Waals surface area contributed by atoms with Gasteiger partial charge in [0.05, 0.1) is 5.69 Å². The van der Waals surface area contributed by atoms with Gasteiger partial charge in [0.15, 0.2) is 5.96 Å². The minimum atomic E-state index is -0.0382. The van der Waals surface area contributed by atoms with Crippen molar-refractivity contribution in [3.63, 3.8) is 0 Å². The van der Waals surface area contributed by atoms with Gasteiger partial charge in [-0.2, -0.15) is 5.10 Å². The SMILES string of the molecule is CCCNC(=O)c1cccc(CNC(=NC)NCc2c(C)nn(C)c2C)c1. The molecule has 0 aliphatic rings. The van der Waals surface area contributed by atoms with Crippen LogP contribution < -0.4 is 16.0 Å². The van der Waals surface area contributed by atoms with Gasteiger partial charge < -0.3 is 16.0 Å². The van der Waals surface area contributed by atoms with Crippen LogP contribution in [-0.2, 0) is 20.1 Å². The van der Waals surface area contributed by atoms with E-state index in [1.165, 1.54) is 5.56 Å². The number of aliphatic imine (C=N–C) groups is 1. The van der Waals surface area contributed by atoms with Gasteiger partial charge >= 0.3 is 0 Å². The molecule has 1 amide bonds. The molecule has 3 N–H and O–H groups in total. The maximum atomic E-state index is 12.1. The zero-order valence-electron chi connectivity index (χ0n) is 16.9. The van der Waals surface area contributed by atoms with Gasteiger partial charge in [-0.05, 0) is 38.0 Å². The van der Waals surface area contributed by atoms with Crippen molar-refractivity contribution in [2.24, 2.45) is 12.0 Å². The minimum Gasteiger partial charge on any atom is -0.352 e. The Balaban J connectivity index is 1.93. The van der Waals surface area contributed by atoms with E-state index in [0.717, 1.165) is 23.4 Å². The number of amides is 1. The first-order valence-corrected chi connectivity index (χ1v) is 9.27. The molecule has 0 saturated carbocycles. The maximum absolute atomic E-state index is 12.1. The lowest BCUT2D eigenvalue weighted by atomic mass is 10.1. The number of carbonyl (C=O) groups excluding carboxylic acids is 1. The Hall–Kier alpha value is -2.83. The van der Waals surface area contributed by atoms with Gasteiger partial charge in [0, 0.05) is 50.6 Å². The fourth-order valence-electron chi connectivity index (χ4n) is 2.81. The smallest absolute Gasteiger partial charge is 0.251 e. The second-order valence-corrected chi connectivity index (χ2v) is 6.51. The van der Waals surface area contributed by atoms with E-state index < -0.39 is 0 Å². The molecule has 0 aliphatic heterocycles. The van der Waals surface area contributed by atoms with Crippen molar-refractivity contribution < 1.29 is 4.79 Å². The predicted octanol–water partition coefficient (Wildman–Crippen LogP) is 2.04. The molecule has 1 heterocycles. The van der Waals surface area contributed by atoms with E-state index in [1.807, 2.05) is 49.8 Å². The average molecular weight is 371 g/mol. The quantitative estimate of drug-likeness (QED) is 0.514. The van der Waals surface area contributed by atoms with Crippen molar-refractivity contribution in [2.75, 3.05) is 13.6 Å². The molecule has 0 fully saturated rings. The fraction of sp³-hybridized carbons (Fsp3) is 0.450. The normalized spacial score (nSPS) is 11.4. The van der Waals surface area contributed by atoms with Gasteiger partial charge in [-0.3, -0.25) is 14.5 Å². The summed E-state index contributed by atoms with van der Waals surface area (Å²) in [5.41, 5.74) is 5.03. The Morgan fingerprint density at radius 2 is 1.93 bits per heavy atom. The molecule has 7 nitrogen and oxygen atoms in total. The summed E-state index contributed by atoms with van der Waals surface area (Å²) in [6.45, 7) is 8.03. The highest BCUT2D eigenvalue weighted by Crippen LogP contribution is 2.11. The van der Waals surface area contributed by atoms with E-state index in [0.29, 0.717) is 31.2 Å². The van der Waals surface area contributed by atoms with Crippen molar-refractivity contribution in [1.29, 1.82) is 0 Å². The summed E-state index contributed by atoms with van der Waals surface area (Å²) < 4.78 is 1.89. The fourth-order valence-corrected chi connectivity index (χ4v) is 2.81. The van der Waals surface area contributed by atoms with Gasteiger partial charge in [-0.1, -0.05) is 19.1 Å². The van der Waals surface area contributed by atoms with E-state index in [9.17, 15) is 4.79 Å². The highest BCUT2D eigenvalue weighted by Gasteiger charge is 2.10. The largest absolute Gasteiger partial charge is 0.352 e. The number of nitrogens with one attached hydrogen (secondary N) is 3. The molecule has 27 heavy (non-hydrogen) atoms. The second kappa shape index (κ2) is 9.75. The molecule has 0 radical (unpaired) electrons. The number of guanidine groups is 1. The number of aromatic nitrogens is 2. The minimum absolute atomic E-state index is 0.0382. The molecule has 0 saturated heterocycles. The maximum Gasteiger partial charge on any atom is 0.251 e. The van der Waals surface area contributed by atoms with Crippen LogP contribution in [0.15, 0.2) is 29.3 Å². The molecule has 2 aromatic rings. The first-order valence-electron chi connectivity index (χ1n) is 9.27. The molecular weight excluding hydrogens is 340 g/mol. The van der Waals surface area contributed by atoms with Gasteiger partial charge in [-0.25, -0.2) is 0 Å². The molecule has 0 unspecified atom stereocenters. The van der Waals surface area contributed by atoms with Crippen LogP contribution in [0.1, 0.15) is 46.2 Å². The van der Waals surface area contributed by atoms with Crippen LogP contribution >= 0.6 is 0 Å². The number of hydrogen-bond donors (Lipinski definition) is 3. The van der Waals surface area contributed by atoms with Crippen LogP contribution in [0.2, 0.25) is 0 Å². The first kappa shape index (κ1) is 20.5. The summed E-state index contributed by atoms with van der Waals surface area (Å²) in [6, 6.07) is 7.62. The molecule has 0 bridgehead atoms. The van der Waals surface area contributed by atoms with Crippen LogP contribution in [0.3, 0.4) is 0 Å². The lowest BCUT2D eigenvalue weighted by molar-refractivity contribution is 0.0953. The lowest BCUT2D eigenvalue weighted by Gasteiger charge is -2.13. The third kappa shape index (κ3) is 5.57. The summed E-state index contributed by atoms with van der Waals surface area (Å²) in [7, 11) is 3.69. The number of hydrogen-bond acceptors (Lipinski definition) is 3. The van der Waals surface area contributed by atoms with E-state index in [2.05, 4.69) is 33.0 Å². The van der Waals surface area contributed by atoms with Crippen LogP contribution in [0.5, 0.6) is 0 Å². The predicted molar refractivity (Wildman–Crippen MR) is 109 cm³/mol. The van der Waals surface area contributed by atoms with Gasteiger partial charge in [0.1, 0.15) is 0 Å². The topological polar surface area (TPSA) is 83.3 Å². The third-order valence-electron chi connectivity index (χ3n) is 4.50. The van der Waals surface area contributed by atoms with Gasteiger partial charge in [0.2, 0.25) is 0 Å². The van der Waals surface area contributed by atoms with Crippen LogP contribution in [0.4, 0.5) is 0 Å². The van der Waals surface area contributed by atoms with Crippen molar-refractivity contribution >= 4 is 11.9 Å². The van der Waals surface area contributed by atoms with Crippen LogP contribution in [-0.4, -0.2) is 35.2 Å². The van der Waals surface area contributed by atoms with E-state index in [4.69, 9.17) is 0 Å². The molecule has 0 spiro atoms. The molecule has 0 aliphatic carbocycles. The highest BCUT2D eigenvalue weighted by atomic mass is 16.1. The zero-order chi connectivity index (χ0) is 19.8. The Kier molecular flexibility index (Phi) is 7.40. The Morgan fingerprint density at radius 3 is 2.56 bits per heavy atom. The monoisotopic (exact) mass is 370 g/mol. The highest BCUT2D eigenvalue weighted by molar-refractivity contribution is 5.94. The molecule has 7 heteroatoms. The molecule has 146 valence electrons. The molecular formula is C20H30N6O. The van der Waals surface area contributed by atoms with Gasteiger partial charge in [-0.15, -0.1) is 0 Å². The van der Waals surface area contributed by atoms with Crippen molar-refractivity contribution in [3.8, 4) is 0 Å². The average Bonchev–Trinajstić information content (AvgIpc) is 2.92. The molecule has 1 aromatic carbocycles. The summed E-state index contributed by atoms with van der Waals surface area (Å²) in [5, 5.41) is 13.9. The summed E-state index contributed by atoms with van der Waals surface area (Å²) in [5.74, 6) is 0.669. The summed E-state index contributed by atoms with van der Waals surface area (Å²) in [4.78, 5) is 16.4. The number of rotatable bonds is 7. The van der Waals surface area contributed by atoms with E-state index in [1.54, 1.807) is 7.05 Å². The molecule has 2 rings (SSSR count). The standard InChI is InChI=1S/C20H30N6O/c1-6-10-22-19(27)17-9-7-8-16(11-17)12-23-20(21-4)24-13-18-14(2)25-26(5)15(18)3/h7-9,11H,6,10,12-13H2,1-5H3,(H,22,27)(H2,21,23,24). The van der Waals surface area contributed by atoms with Crippen molar-refractivity contribution in [1.82, 2.24) is 25.7 Å². The third-order valence-corrected chi connectivity index (χ3v) is 4.50. The number of benzene rings is 1. The molecule has 0 atom stereocenters. The lowest BCUT2D eigenvalue weighted by Crippen LogP contribution is -2.36. The van der Waals surface area contributed by atoms with Crippen LogP contribution in [0, 0.1) is 13.8 Å². The number of carbonyl (C=O) groups is 1. The summed E-state index contributed by atoms with van der Waals surface area (Å²) >= 11 is 0. The van der Waals surface area contributed by atoms with Crippen LogP contribution in [0.25, 0.3) is 0 Å². The zero-order valence-corrected chi connectivity index (χ0v) is 16.9. The first-order chi connectivity index (χ1) is 13.0. The Labute approximate surface area is 161 Å². The Morgan fingerprint density at radius 1 is 1.19 bits per heavy atom. The van der Waals surface area contributed by atoms with Crippen molar-refractivity contribution in [2.45, 2.75) is 40.3 Å². The number of nitrogens with zero attached hydrogens (tertiary/aromatic N) is 3. The second-order valence-electron chi connectivity index (χ2n) is 6.51.